The van der Waals surface area contributed by atoms with Crippen LogP contribution in [0.4, 0.5) is 0 Å². The van der Waals surface area contributed by atoms with Gasteiger partial charge in [0.15, 0.2) is 0 Å². The first-order chi connectivity index (χ1) is 9.25. The molecule has 4 heteroatoms. The molecule has 1 aliphatic rings. The first kappa shape index (κ1) is 14.0. The minimum atomic E-state index is 0.0439. The minimum Gasteiger partial charge on any atom is -0.368 e. The quantitative estimate of drug-likeness (QED) is 0.872. The highest BCUT2D eigenvalue weighted by molar-refractivity contribution is 5.77. The molecule has 1 aromatic carbocycles. The number of hydrogen-bond donors (Lipinski definition) is 1. The molecule has 1 aliphatic heterocycles. The van der Waals surface area contributed by atoms with Gasteiger partial charge in [-0.15, -0.1) is 0 Å². The fraction of sp³-hybridized carbons (Fsp3) is 0.533. The summed E-state index contributed by atoms with van der Waals surface area (Å²) in [5.74, 6) is 0.0439. The SMILES string of the molecule is CN(Cc1ccccc1)C(=O)COC1CCNCC1. The van der Waals surface area contributed by atoms with Crippen LogP contribution >= 0.6 is 0 Å². The second-order valence-electron chi connectivity index (χ2n) is 5.00. The van der Waals surface area contributed by atoms with Crippen LogP contribution in [-0.4, -0.2) is 43.7 Å². The Kier molecular flexibility index (Phi) is 5.36. The van der Waals surface area contributed by atoms with Gasteiger partial charge in [0.1, 0.15) is 6.61 Å². The van der Waals surface area contributed by atoms with Crippen LogP contribution in [0.15, 0.2) is 30.3 Å². The molecule has 0 saturated carbocycles. The van der Waals surface area contributed by atoms with Crippen molar-refractivity contribution in [3.63, 3.8) is 0 Å². The highest BCUT2D eigenvalue weighted by Crippen LogP contribution is 2.08. The molecule has 0 unspecified atom stereocenters. The van der Waals surface area contributed by atoms with Crippen LogP contribution in [0.5, 0.6) is 0 Å². The summed E-state index contributed by atoms with van der Waals surface area (Å²) < 4.78 is 5.67. The van der Waals surface area contributed by atoms with Gasteiger partial charge in [0.2, 0.25) is 5.91 Å². The van der Waals surface area contributed by atoms with Crippen LogP contribution in [0.3, 0.4) is 0 Å². The Balaban J connectivity index is 1.73. The molecule has 1 N–H and O–H groups in total. The summed E-state index contributed by atoms with van der Waals surface area (Å²) in [6.45, 7) is 2.79. The first-order valence-electron chi connectivity index (χ1n) is 6.86. The Hall–Kier alpha value is -1.39. The minimum absolute atomic E-state index is 0.0439. The Morgan fingerprint density at radius 2 is 2.00 bits per heavy atom. The lowest BCUT2D eigenvalue weighted by molar-refractivity contribution is -0.137. The zero-order valence-corrected chi connectivity index (χ0v) is 11.5. The third-order valence-corrected chi connectivity index (χ3v) is 3.42. The van der Waals surface area contributed by atoms with Crippen molar-refractivity contribution in [3.8, 4) is 0 Å². The van der Waals surface area contributed by atoms with Crippen LogP contribution in [0.1, 0.15) is 18.4 Å². The van der Waals surface area contributed by atoms with Gasteiger partial charge in [-0.25, -0.2) is 0 Å². The van der Waals surface area contributed by atoms with E-state index in [2.05, 4.69) is 5.32 Å². The van der Waals surface area contributed by atoms with Crippen LogP contribution in [0.25, 0.3) is 0 Å². The van der Waals surface area contributed by atoms with E-state index in [1.165, 1.54) is 0 Å². The molecule has 4 nitrogen and oxygen atoms in total. The van der Waals surface area contributed by atoms with E-state index in [9.17, 15) is 4.79 Å². The number of rotatable bonds is 5. The third-order valence-electron chi connectivity index (χ3n) is 3.42. The van der Waals surface area contributed by atoms with Crippen LogP contribution < -0.4 is 5.32 Å². The van der Waals surface area contributed by atoms with E-state index in [0.717, 1.165) is 31.5 Å². The second kappa shape index (κ2) is 7.26. The molecule has 0 bridgehead atoms. The number of amides is 1. The fourth-order valence-electron chi connectivity index (χ4n) is 2.21. The lowest BCUT2D eigenvalue weighted by Crippen LogP contribution is -2.36. The number of nitrogens with one attached hydrogen (secondary N) is 1. The van der Waals surface area contributed by atoms with Crippen LogP contribution in [0, 0.1) is 0 Å². The molecular weight excluding hydrogens is 240 g/mol. The number of ether oxygens (including phenoxy) is 1. The van der Waals surface area contributed by atoms with E-state index in [1.54, 1.807) is 4.90 Å². The normalized spacial score (nSPS) is 16.3. The van der Waals surface area contributed by atoms with Gasteiger partial charge in [-0.05, 0) is 31.5 Å². The molecule has 19 heavy (non-hydrogen) atoms. The molecular formula is C15H22N2O2. The van der Waals surface area contributed by atoms with E-state index >= 15 is 0 Å². The van der Waals surface area contributed by atoms with E-state index < -0.39 is 0 Å². The van der Waals surface area contributed by atoms with Gasteiger partial charge < -0.3 is 15.0 Å². The molecule has 1 amide bonds. The van der Waals surface area contributed by atoms with Gasteiger partial charge >= 0.3 is 0 Å². The average Bonchev–Trinajstić information content (AvgIpc) is 2.47. The molecule has 0 spiro atoms. The molecule has 1 aromatic rings. The fourth-order valence-corrected chi connectivity index (χ4v) is 2.21. The molecule has 1 heterocycles. The Morgan fingerprint density at radius 1 is 1.32 bits per heavy atom. The zero-order chi connectivity index (χ0) is 13.5. The predicted octanol–water partition coefficient (Wildman–Crippen LogP) is 1.41. The van der Waals surface area contributed by atoms with Crippen molar-refractivity contribution in [3.05, 3.63) is 35.9 Å². The number of carbonyl (C=O) groups excluding carboxylic acids is 1. The molecule has 0 atom stereocenters. The summed E-state index contributed by atoms with van der Waals surface area (Å²) in [6, 6.07) is 10.00. The van der Waals surface area contributed by atoms with E-state index in [4.69, 9.17) is 4.74 Å². The van der Waals surface area contributed by atoms with Crippen molar-refractivity contribution in [2.75, 3.05) is 26.7 Å². The van der Waals surface area contributed by atoms with Crippen molar-refractivity contribution >= 4 is 5.91 Å². The van der Waals surface area contributed by atoms with Crippen molar-refractivity contribution in [2.45, 2.75) is 25.5 Å². The van der Waals surface area contributed by atoms with Crippen LogP contribution in [0.2, 0.25) is 0 Å². The predicted molar refractivity (Wildman–Crippen MR) is 74.8 cm³/mol. The maximum absolute atomic E-state index is 12.0. The number of benzene rings is 1. The summed E-state index contributed by atoms with van der Waals surface area (Å²) in [5.41, 5.74) is 1.14. The first-order valence-corrected chi connectivity index (χ1v) is 6.86. The van der Waals surface area contributed by atoms with Gasteiger partial charge in [-0.1, -0.05) is 30.3 Å². The molecule has 1 fully saturated rings. The van der Waals surface area contributed by atoms with E-state index in [1.807, 2.05) is 37.4 Å². The zero-order valence-electron chi connectivity index (χ0n) is 11.5. The average molecular weight is 262 g/mol. The third kappa shape index (κ3) is 4.65. The Labute approximate surface area is 114 Å². The second-order valence-corrected chi connectivity index (χ2v) is 5.00. The molecule has 0 radical (unpaired) electrons. The van der Waals surface area contributed by atoms with E-state index in [0.29, 0.717) is 6.54 Å². The molecule has 0 aliphatic carbocycles. The number of hydrogen-bond acceptors (Lipinski definition) is 3. The highest BCUT2D eigenvalue weighted by atomic mass is 16.5. The van der Waals surface area contributed by atoms with Gasteiger partial charge in [0, 0.05) is 13.6 Å². The number of likely N-dealkylation sites (N-methyl/N-ethyl adjacent to an activating group) is 1. The lowest BCUT2D eigenvalue weighted by atomic mass is 10.1. The summed E-state index contributed by atoms with van der Waals surface area (Å²) in [7, 11) is 1.82. The number of carbonyl (C=O) groups is 1. The smallest absolute Gasteiger partial charge is 0.248 e. The lowest BCUT2D eigenvalue weighted by Gasteiger charge is -2.24. The standard InChI is InChI=1S/C15H22N2O2/c1-17(11-13-5-3-2-4-6-13)15(18)12-19-14-7-9-16-10-8-14/h2-6,14,16H,7-12H2,1H3. The summed E-state index contributed by atoms with van der Waals surface area (Å²) >= 11 is 0. The largest absolute Gasteiger partial charge is 0.368 e. The van der Waals surface area contributed by atoms with Gasteiger partial charge in [-0.2, -0.15) is 0 Å². The number of piperidine rings is 1. The van der Waals surface area contributed by atoms with Gasteiger partial charge in [-0.3, -0.25) is 4.79 Å². The summed E-state index contributed by atoms with van der Waals surface area (Å²) in [4.78, 5) is 13.7. The summed E-state index contributed by atoms with van der Waals surface area (Å²) in [5, 5.41) is 3.28. The molecule has 104 valence electrons. The summed E-state index contributed by atoms with van der Waals surface area (Å²) in [6.07, 6.45) is 2.22. The molecule has 2 rings (SSSR count). The topological polar surface area (TPSA) is 41.6 Å². The van der Waals surface area contributed by atoms with Crippen LogP contribution in [-0.2, 0) is 16.1 Å². The van der Waals surface area contributed by atoms with E-state index in [-0.39, 0.29) is 18.6 Å². The van der Waals surface area contributed by atoms with Gasteiger partial charge in [0.25, 0.3) is 0 Å². The Morgan fingerprint density at radius 3 is 2.68 bits per heavy atom. The van der Waals surface area contributed by atoms with Crippen molar-refractivity contribution in [1.82, 2.24) is 10.2 Å². The Bertz CT molecular complexity index is 388. The van der Waals surface area contributed by atoms with Gasteiger partial charge in [0.05, 0.1) is 6.10 Å². The number of nitrogens with zero attached hydrogens (tertiary/aromatic N) is 1. The monoisotopic (exact) mass is 262 g/mol. The molecule has 1 saturated heterocycles. The highest BCUT2D eigenvalue weighted by Gasteiger charge is 2.16. The van der Waals surface area contributed by atoms with Crippen molar-refractivity contribution < 1.29 is 9.53 Å². The maximum Gasteiger partial charge on any atom is 0.248 e. The van der Waals surface area contributed by atoms with Crippen molar-refractivity contribution in [1.29, 1.82) is 0 Å². The van der Waals surface area contributed by atoms with Crippen molar-refractivity contribution in [2.24, 2.45) is 0 Å². The molecule has 0 aromatic heterocycles. The maximum atomic E-state index is 12.0.